The normalized spacial score (nSPS) is 9.69. The molecule has 13 heavy (non-hydrogen) atoms. The van der Waals surface area contributed by atoms with E-state index >= 15 is 0 Å². The van der Waals surface area contributed by atoms with E-state index in [2.05, 4.69) is 4.98 Å². The van der Waals surface area contributed by atoms with E-state index in [4.69, 9.17) is 21.4 Å². The molecule has 0 unspecified atom stereocenters. The highest BCUT2D eigenvalue weighted by atomic mass is 35.5. The van der Waals surface area contributed by atoms with Crippen LogP contribution in [-0.2, 0) is 0 Å². The first-order valence-electron chi connectivity index (χ1n) is 3.67. The van der Waals surface area contributed by atoms with Crippen molar-refractivity contribution in [2.45, 2.75) is 6.92 Å². The van der Waals surface area contributed by atoms with Crippen molar-refractivity contribution < 1.29 is 14.6 Å². The maximum atomic E-state index is 10.7. The Bertz CT molecular complexity index is 327. The zero-order valence-electron chi connectivity index (χ0n) is 6.95. The molecule has 1 N–H and O–H groups in total. The van der Waals surface area contributed by atoms with Gasteiger partial charge in [0.25, 0.3) is 0 Å². The Balaban J connectivity index is 3.17. The standard InChI is InChI=1S/C8H8ClNO3/c1-2-13-5-3-4-10-7(9)6(5)8(11)12/h3-4H,2H2,1H3,(H,11,12). The van der Waals surface area contributed by atoms with E-state index in [1.807, 2.05) is 0 Å². The van der Waals surface area contributed by atoms with Crippen molar-refractivity contribution in [1.82, 2.24) is 4.98 Å². The molecule has 1 aromatic rings. The van der Waals surface area contributed by atoms with Gasteiger partial charge in [0.2, 0.25) is 0 Å². The van der Waals surface area contributed by atoms with Crippen molar-refractivity contribution in [3.63, 3.8) is 0 Å². The molecule has 0 aliphatic rings. The second kappa shape index (κ2) is 4.09. The molecule has 0 spiro atoms. The van der Waals surface area contributed by atoms with Crippen LogP contribution >= 0.6 is 11.6 Å². The van der Waals surface area contributed by atoms with Crippen molar-refractivity contribution in [2.24, 2.45) is 0 Å². The number of ether oxygens (including phenoxy) is 1. The summed E-state index contributed by atoms with van der Waals surface area (Å²) in [5.41, 5.74) is -0.0917. The third kappa shape index (κ3) is 2.09. The predicted octanol–water partition coefficient (Wildman–Crippen LogP) is 1.83. The number of hydrogen-bond acceptors (Lipinski definition) is 3. The second-order valence-corrected chi connectivity index (χ2v) is 2.57. The molecule has 1 rings (SSSR count). The summed E-state index contributed by atoms with van der Waals surface area (Å²) < 4.78 is 5.07. The number of aromatic nitrogens is 1. The maximum absolute atomic E-state index is 10.7. The lowest BCUT2D eigenvalue weighted by Crippen LogP contribution is -2.04. The van der Waals surface area contributed by atoms with Crippen molar-refractivity contribution in [2.75, 3.05) is 6.61 Å². The van der Waals surface area contributed by atoms with Crippen LogP contribution in [0, 0.1) is 0 Å². The van der Waals surface area contributed by atoms with Crippen molar-refractivity contribution in [3.05, 3.63) is 23.0 Å². The molecule has 1 aromatic heterocycles. The Kier molecular flexibility index (Phi) is 3.08. The molecule has 0 aliphatic carbocycles. The van der Waals surface area contributed by atoms with Crippen LogP contribution < -0.4 is 4.74 Å². The first-order chi connectivity index (χ1) is 6.16. The van der Waals surface area contributed by atoms with Gasteiger partial charge in [-0.1, -0.05) is 11.6 Å². The van der Waals surface area contributed by atoms with Gasteiger partial charge in [-0.2, -0.15) is 0 Å². The fraction of sp³-hybridized carbons (Fsp3) is 0.250. The first-order valence-corrected chi connectivity index (χ1v) is 4.05. The average molecular weight is 202 g/mol. The zero-order chi connectivity index (χ0) is 9.84. The molecular formula is C8H8ClNO3. The minimum atomic E-state index is -1.14. The van der Waals surface area contributed by atoms with Gasteiger partial charge >= 0.3 is 5.97 Å². The smallest absolute Gasteiger partial charge is 0.342 e. The van der Waals surface area contributed by atoms with Crippen LogP contribution in [0.2, 0.25) is 5.15 Å². The highest BCUT2D eigenvalue weighted by Crippen LogP contribution is 2.23. The Morgan fingerprint density at radius 1 is 1.77 bits per heavy atom. The molecule has 0 atom stereocenters. The number of carboxylic acid groups (broad SMARTS) is 1. The van der Waals surface area contributed by atoms with Crippen molar-refractivity contribution in [1.29, 1.82) is 0 Å². The monoisotopic (exact) mass is 201 g/mol. The molecule has 70 valence electrons. The zero-order valence-corrected chi connectivity index (χ0v) is 7.71. The van der Waals surface area contributed by atoms with E-state index in [0.29, 0.717) is 6.61 Å². The lowest BCUT2D eigenvalue weighted by molar-refractivity contribution is 0.0692. The summed E-state index contributed by atoms with van der Waals surface area (Å²) in [6.07, 6.45) is 1.40. The molecule has 0 saturated carbocycles. The quantitative estimate of drug-likeness (QED) is 0.758. The van der Waals surface area contributed by atoms with Gasteiger partial charge in [-0.25, -0.2) is 9.78 Å². The number of carboxylic acids is 1. The van der Waals surface area contributed by atoms with Crippen LogP contribution in [0.1, 0.15) is 17.3 Å². The predicted molar refractivity (Wildman–Crippen MR) is 47.4 cm³/mol. The van der Waals surface area contributed by atoms with Gasteiger partial charge in [0.05, 0.1) is 6.61 Å². The summed E-state index contributed by atoms with van der Waals surface area (Å²) in [5.74, 6) is -0.892. The Labute approximate surface area is 80.1 Å². The molecule has 4 nitrogen and oxygen atoms in total. The number of halogens is 1. The third-order valence-corrected chi connectivity index (χ3v) is 1.67. The van der Waals surface area contributed by atoms with E-state index in [-0.39, 0.29) is 16.5 Å². The molecule has 0 bridgehead atoms. The van der Waals surface area contributed by atoms with E-state index in [0.717, 1.165) is 0 Å². The topological polar surface area (TPSA) is 59.4 Å². The summed E-state index contributed by atoms with van der Waals surface area (Å²) in [4.78, 5) is 14.4. The van der Waals surface area contributed by atoms with Crippen LogP contribution in [0.4, 0.5) is 0 Å². The van der Waals surface area contributed by atoms with Gasteiger partial charge < -0.3 is 9.84 Å². The van der Waals surface area contributed by atoms with Crippen molar-refractivity contribution in [3.8, 4) is 5.75 Å². The maximum Gasteiger partial charge on any atom is 0.342 e. The number of carbonyl (C=O) groups is 1. The lowest BCUT2D eigenvalue weighted by Gasteiger charge is -2.06. The highest BCUT2D eigenvalue weighted by molar-refractivity contribution is 6.32. The molecule has 0 aromatic carbocycles. The summed E-state index contributed by atoms with van der Waals surface area (Å²) in [7, 11) is 0. The minimum absolute atomic E-state index is 0.0570. The Morgan fingerprint density at radius 3 is 3.00 bits per heavy atom. The molecule has 0 fully saturated rings. The van der Waals surface area contributed by atoms with E-state index < -0.39 is 5.97 Å². The van der Waals surface area contributed by atoms with Crippen LogP contribution in [0.5, 0.6) is 5.75 Å². The molecule has 0 amide bonds. The molecule has 1 heterocycles. The number of rotatable bonds is 3. The molecular weight excluding hydrogens is 194 g/mol. The largest absolute Gasteiger partial charge is 0.493 e. The van der Waals surface area contributed by atoms with Gasteiger partial charge in [0.15, 0.2) is 0 Å². The number of hydrogen-bond donors (Lipinski definition) is 1. The second-order valence-electron chi connectivity index (χ2n) is 2.21. The molecule has 0 radical (unpaired) electrons. The fourth-order valence-corrected chi connectivity index (χ4v) is 1.12. The van der Waals surface area contributed by atoms with Crippen LogP contribution in [0.15, 0.2) is 12.3 Å². The summed E-state index contributed by atoms with van der Waals surface area (Å²) >= 11 is 5.59. The minimum Gasteiger partial charge on any atom is -0.493 e. The van der Waals surface area contributed by atoms with Gasteiger partial charge in [-0.15, -0.1) is 0 Å². The first kappa shape index (κ1) is 9.80. The number of pyridine rings is 1. The Morgan fingerprint density at radius 2 is 2.46 bits per heavy atom. The van der Waals surface area contributed by atoms with Gasteiger partial charge in [0, 0.05) is 6.20 Å². The SMILES string of the molecule is CCOc1ccnc(Cl)c1C(=O)O. The van der Waals surface area contributed by atoms with Crippen molar-refractivity contribution >= 4 is 17.6 Å². The Hall–Kier alpha value is -1.29. The number of aromatic carboxylic acids is 1. The third-order valence-electron chi connectivity index (χ3n) is 1.38. The molecule has 0 saturated heterocycles. The fourth-order valence-electron chi connectivity index (χ4n) is 0.889. The van der Waals surface area contributed by atoms with Gasteiger partial charge in [-0.3, -0.25) is 0 Å². The van der Waals surface area contributed by atoms with E-state index in [1.54, 1.807) is 6.92 Å². The van der Waals surface area contributed by atoms with Crippen LogP contribution in [-0.4, -0.2) is 22.7 Å². The lowest BCUT2D eigenvalue weighted by atomic mass is 10.2. The van der Waals surface area contributed by atoms with E-state index in [9.17, 15) is 4.79 Å². The van der Waals surface area contributed by atoms with Crippen LogP contribution in [0.3, 0.4) is 0 Å². The average Bonchev–Trinajstić information content (AvgIpc) is 2.04. The van der Waals surface area contributed by atoms with E-state index in [1.165, 1.54) is 12.3 Å². The molecule has 5 heteroatoms. The van der Waals surface area contributed by atoms with Gasteiger partial charge in [0.1, 0.15) is 16.5 Å². The summed E-state index contributed by atoms with van der Waals surface area (Å²) in [6.45, 7) is 2.15. The summed E-state index contributed by atoms with van der Waals surface area (Å²) in [5, 5.41) is 8.71. The molecule has 0 aliphatic heterocycles. The number of nitrogens with zero attached hydrogens (tertiary/aromatic N) is 1. The highest BCUT2D eigenvalue weighted by Gasteiger charge is 2.15. The van der Waals surface area contributed by atoms with Crippen LogP contribution in [0.25, 0.3) is 0 Å². The summed E-state index contributed by atoms with van der Waals surface area (Å²) in [6, 6.07) is 1.47. The van der Waals surface area contributed by atoms with Gasteiger partial charge in [-0.05, 0) is 13.0 Å².